The maximum Gasteiger partial charge on any atom is 0.233 e. The number of amides is 1. The summed E-state index contributed by atoms with van der Waals surface area (Å²) in [6.45, 7) is 6.00. The minimum atomic E-state index is -0.363. The molecule has 0 aliphatic heterocycles. The molecule has 0 saturated carbocycles. The van der Waals surface area contributed by atoms with Crippen molar-refractivity contribution < 1.29 is 14.3 Å². The van der Waals surface area contributed by atoms with Gasteiger partial charge in [0.1, 0.15) is 5.76 Å². The molecule has 0 saturated heterocycles. The maximum atomic E-state index is 12.9. The predicted molar refractivity (Wildman–Crippen MR) is 144 cm³/mol. The van der Waals surface area contributed by atoms with Crippen LogP contribution in [0, 0.1) is 0 Å². The SMILES string of the molecule is CC(C)c1cnc(CSc2cnc(NC(=O)C(C)c3ccc(-n4cc5ccccc5c4O)cc3)s2)o1. The Hall–Kier alpha value is -3.56. The molecule has 3 aromatic heterocycles. The Morgan fingerprint density at radius 2 is 1.89 bits per heavy atom. The number of fused-ring (bicyclic) bond motifs is 1. The Bertz CT molecular complexity index is 1500. The van der Waals surface area contributed by atoms with Gasteiger partial charge in [-0.2, -0.15) is 0 Å². The fraction of sp³-hybridized carbons (Fsp3) is 0.222. The van der Waals surface area contributed by atoms with E-state index in [9.17, 15) is 9.90 Å². The molecule has 0 aliphatic rings. The topological polar surface area (TPSA) is 93.2 Å². The zero-order valence-corrected chi connectivity index (χ0v) is 21.8. The second-order valence-electron chi connectivity index (χ2n) is 8.80. The molecule has 0 fully saturated rings. The van der Waals surface area contributed by atoms with E-state index in [1.165, 1.54) is 11.3 Å². The molecular formula is C27H26N4O3S2. The van der Waals surface area contributed by atoms with Gasteiger partial charge in [0, 0.05) is 28.6 Å². The lowest BCUT2D eigenvalue weighted by molar-refractivity contribution is -0.117. The van der Waals surface area contributed by atoms with Crippen LogP contribution in [0.15, 0.2) is 75.7 Å². The van der Waals surface area contributed by atoms with E-state index < -0.39 is 0 Å². The number of hydrogen-bond acceptors (Lipinski definition) is 7. The van der Waals surface area contributed by atoms with Gasteiger partial charge in [0.15, 0.2) is 5.13 Å². The Balaban J connectivity index is 1.20. The van der Waals surface area contributed by atoms with Crippen molar-refractivity contribution in [2.75, 3.05) is 5.32 Å². The first-order chi connectivity index (χ1) is 17.4. The van der Waals surface area contributed by atoms with Gasteiger partial charge < -0.3 is 14.8 Å². The van der Waals surface area contributed by atoms with Crippen LogP contribution in [0.4, 0.5) is 5.13 Å². The summed E-state index contributed by atoms with van der Waals surface area (Å²) in [5.74, 6) is 2.18. The maximum absolute atomic E-state index is 12.9. The highest BCUT2D eigenvalue weighted by Crippen LogP contribution is 2.33. The minimum absolute atomic E-state index is 0.127. The highest BCUT2D eigenvalue weighted by atomic mass is 32.2. The van der Waals surface area contributed by atoms with Crippen molar-refractivity contribution >= 4 is 44.9 Å². The number of thiazole rings is 1. The van der Waals surface area contributed by atoms with Crippen molar-refractivity contribution in [1.29, 1.82) is 0 Å². The van der Waals surface area contributed by atoms with Crippen LogP contribution >= 0.6 is 23.1 Å². The van der Waals surface area contributed by atoms with Crippen molar-refractivity contribution in [2.45, 2.75) is 42.6 Å². The summed E-state index contributed by atoms with van der Waals surface area (Å²) in [6, 6.07) is 15.3. The van der Waals surface area contributed by atoms with Crippen LogP contribution in [0.3, 0.4) is 0 Å². The van der Waals surface area contributed by atoms with Crippen LogP contribution < -0.4 is 5.32 Å². The number of thioether (sulfide) groups is 1. The number of carbonyl (C=O) groups is 1. The molecule has 36 heavy (non-hydrogen) atoms. The molecule has 0 bridgehead atoms. The summed E-state index contributed by atoms with van der Waals surface area (Å²) in [5.41, 5.74) is 1.71. The molecule has 2 N–H and O–H groups in total. The van der Waals surface area contributed by atoms with Gasteiger partial charge in [-0.15, -0.1) is 11.8 Å². The molecule has 1 atom stereocenters. The van der Waals surface area contributed by atoms with Crippen LogP contribution in [0.1, 0.15) is 49.8 Å². The van der Waals surface area contributed by atoms with E-state index in [1.54, 1.807) is 28.7 Å². The Morgan fingerprint density at radius 1 is 1.11 bits per heavy atom. The molecular weight excluding hydrogens is 492 g/mol. The predicted octanol–water partition coefficient (Wildman–Crippen LogP) is 6.94. The highest BCUT2D eigenvalue weighted by Gasteiger charge is 2.18. The summed E-state index contributed by atoms with van der Waals surface area (Å²) in [5, 5.41) is 15.8. The van der Waals surface area contributed by atoms with Crippen LogP contribution in [-0.2, 0) is 10.5 Å². The fourth-order valence-corrected chi connectivity index (χ4v) is 5.53. The largest absolute Gasteiger partial charge is 0.494 e. The lowest BCUT2D eigenvalue weighted by Gasteiger charge is -2.12. The van der Waals surface area contributed by atoms with Gasteiger partial charge >= 0.3 is 0 Å². The summed E-state index contributed by atoms with van der Waals surface area (Å²) in [4.78, 5) is 21.5. The molecule has 5 rings (SSSR count). The normalized spacial score (nSPS) is 12.3. The molecule has 0 spiro atoms. The van der Waals surface area contributed by atoms with E-state index in [4.69, 9.17) is 4.42 Å². The zero-order valence-electron chi connectivity index (χ0n) is 20.1. The van der Waals surface area contributed by atoms with E-state index >= 15 is 0 Å². The number of aromatic hydroxyl groups is 1. The third-order valence-electron chi connectivity index (χ3n) is 5.96. The van der Waals surface area contributed by atoms with Gasteiger partial charge in [-0.05, 0) is 30.7 Å². The van der Waals surface area contributed by atoms with Gasteiger partial charge in [-0.3, -0.25) is 9.36 Å². The monoisotopic (exact) mass is 518 g/mol. The van der Waals surface area contributed by atoms with Gasteiger partial charge in [0.25, 0.3) is 0 Å². The number of hydrogen-bond donors (Lipinski definition) is 2. The number of rotatable bonds is 8. The molecule has 1 amide bonds. The van der Waals surface area contributed by atoms with Gasteiger partial charge in [0.2, 0.25) is 17.7 Å². The van der Waals surface area contributed by atoms with Crippen molar-refractivity contribution in [2.24, 2.45) is 0 Å². The average molecular weight is 519 g/mol. The van der Waals surface area contributed by atoms with Crippen LogP contribution in [0.25, 0.3) is 16.5 Å². The molecule has 9 heteroatoms. The summed E-state index contributed by atoms with van der Waals surface area (Å²) in [6.07, 6.45) is 5.43. The van der Waals surface area contributed by atoms with Crippen molar-refractivity contribution in [3.63, 3.8) is 0 Å². The Labute approximate surface area is 217 Å². The highest BCUT2D eigenvalue weighted by molar-refractivity contribution is 8.00. The summed E-state index contributed by atoms with van der Waals surface area (Å²) >= 11 is 3.01. The lowest BCUT2D eigenvalue weighted by Crippen LogP contribution is -2.18. The van der Waals surface area contributed by atoms with E-state index in [0.29, 0.717) is 22.7 Å². The number of nitrogens with one attached hydrogen (secondary N) is 1. The van der Waals surface area contributed by atoms with E-state index in [1.807, 2.05) is 61.7 Å². The fourth-order valence-electron chi connectivity index (χ4n) is 3.80. The van der Waals surface area contributed by atoms with Crippen LogP contribution in [0.2, 0.25) is 0 Å². The zero-order chi connectivity index (χ0) is 25.2. The second kappa shape index (κ2) is 10.2. The van der Waals surface area contributed by atoms with Crippen LogP contribution in [0.5, 0.6) is 5.88 Å². The average Bonchev–Trinajstić information content (AvgIpc) is 3.62. The third kappa shape index (κ3) is 5.03. The first-order valence-corrected chi connectivity index (χ1v) is 13.4. The van der Waals surface area contributed by atoms with E-state index in [2.05, 4.69) is 29.1 Å². The van der Waals surface area contributed by atoms with Crippen LogP contribution in [-0.4, -0.2) is 25.5 Å². The Kier molecular flexibility index (Phi) is 6.84. The van der Waals surface area contributed by atoms with Crippen molar-refractivity contribution in [3.8, 4) is 11.6 Å². The molecule has 3 heterocycles. The third-order valence-corrected chi connectivity index (χ3v) is 8.05. The van der Waals surface area contributed by atoms with Crippen molar-refractivity contribution in [1.82, 2.24) is 14.5 Å². The van der Waals surface area contributed by atoms with Gasteiger partial charge in [0.05, 0.1) is 28.3 Å². The smallest absolute Gasteiger partial charge is 0.233 e. The molecule has 5 aromatic rings. The molecule has 184 valence electrons. The number of nitrogens with zero attached hydrogens (tertiary/aromatic N) is 3. The number of oxazole rings is 1. The second-order valence-corrected chi connectivity index (χ2v) is 11.1. The molecule has 1 unspecified atom stereocenters. The molecule has 2 aromatic carbocycles. The van der Waals surface area contributed by atoms with Gasteiger partial charge in [-0.1, -0.05) is 55.5 Å². The number of anilines is 1. The number of aromatic nitrogens is 3. The van der Waals surface area contributed by atoms with E-state index in [-0.39, 0.29) is 17.7 Å². The Morgan fingerprint density at radius 3 is 2.61 bits per heavy atom. The minimum Gasteiger partial charge on any atom is -0.494 e. The van der Waals surface area contributed by atoms with E-state index in [0.717, 1.165) is 32.0 Å². The molecule has 0 aliphatic carbocycles. The number of benzene rings is 2. The first-order valence-electron chi connectivity index (χ1n) is 11.6. The first kappa shape index (κ1) is 24.1. The molecule has 0 radical (unpaired) electrons. The van der Waals surface area contributed by atoms with Crippen molar-refractivity contribution in [3.05, 3.63) is 84.3 Å². The standard InChI is InChI=1S/C27H26N4O3S2/c1-16(2)22-12-28-23(34-22)15-35-24-13-29-27(36-24)30-25(32)17(3)18-8-10-20(11-9-18)31-14-19-6-4-5-7-21(19)26(31)33/h4-14,16-17,33H,15H2,1-3H3,(H,29,30,32). The number of carbonyl (C=O) groups excluding carboxylic acids is 1. The van der Waals surface area contributed by atoms with Gasteiger partial charge in [-0.25, -0.2) is 9.97 Å². The molecule has 7 nitrogen and oxygen atoms in total. The lowest BCUT2D eigenvalue weighted by atomic mass is 10.0. The summed E-state index contributed by atoms with van der Waals surface area (Å²) in [7, 11) is 0. The summed E-state index contributed by atoms with van der Waals surface area (Å²) < 4.78 is 8.47. The quantitative estimate of drug-likeness (QED) is 0.216.